The topological polar surface area (TPSA) is 26.3 Å². The monoisotopic (exact) mass is 224 g/mol. The fraction of sp³-hybridized carbons (Fsp3) is 0.462. The first kappa shape index (κ1) is 12.7. The predicted molar refractivity (Wildman–Crippen MR) is 61.2 cm³/mol. The van der Waals surface area contributed by atoms with Crippen molar-refractivity contribution in [1.29, 1.82) is 0 Å². The third-order valence-corrected chi connectivity index (χ3v) is 2.46. The van der Waals surface area contributed by atoms with E-state index in [9.17, 15) is 9.18 Å². The van der Waals surface area contributed by atoms with Crippen LogP contribution >= 0.6 is 0 Å². The van der Waals surface area contributed by atoms with Crippen molar-refractivity contribution in [3.8, 4) is 5.75 Å². The normalized spacial score (nSPS) is 10.2. The molecule has 3 heteroatoms. The number of rotatable bonds is 6. The minimum Gasteiger partial charge on any atom is -0.494 e. The Kier molecular flexibility index (Phi) is 4.96. The van der Waals surface area contributed by atoms with Crippen molar-refractivity contribution in [1.82, 2.24) is 0 Å². The van der Waals surface area contributed by atoms with E-state index in [0.29, 0.717) is 12.0 Å². The van der Waals surface area contributed by atoms with E-state index in [1.54, 1.807) is 18.2 Å². The minimum atomic E-state index is -0.421. The summed E-state index contributed by atoms with van der Waals surface area (Å²) in [5.74, 6) is -0.148. The van der Waals surface area contributed by atoms with Gasteiger partial charge in [0.25, 0.3) is 0 Å². The van der Waals surface area contributed by atoms with E-state index in [4.69, 9.17) is 4.74 Å². The van der Waals surface area contributed by atoms with Gasteiger partial charge in [-0.15, -0.1) is 0 Å². The molecular formula is C13H17FO2. The number of halogens is 1. The maximum atomic E-state index is 13.7. The van der Waals surface area contributed by atoms with Gasteiger partial charge in [0, 0.05) is 12.8 Å². The van der Waals surface area contributed by atoms with Crippen LogP contribution in [0.25, 0.3) is 0 Å². The summed E-state index contributed by atoms with van der Waals surface area (Å²) in [6, 6.07) is 4.88. The van der Waals surface area contributed by atoms with Crippen LogP contribution < -0.4 is 4.74 Å². The molecule has 0 atom stereocenters. The lowest BCUT2D eigenvalue weighted by atomic mass is 10.0. The Bertz CT molecular complexity index is 361. The molecule has 1 aromatic rings. The highest BCUT2D eigenvalue weighted by Gasteiger charge is 2.11. The van der Waals surface area contributed by atoms with Gasteiger partial charge in [0.2, 0.25) is 0 Å². The molecule has 0 bridgehead atoms. The van der Waals surface area contributed by atoms with Crippen LogP contribution in [0.15, 0.2) is 18.2 Å². The van der Waals surface area contributed by atoms with Crippen molar-refractivity contribution >= 4 is 5.78 Å². The molecule has 88 valence electrons. The van der Waals surface area contributed by atoms with Crippen molar-refractivity contribution in [3.63, 3.8) is 0 Å². The maximum Gasteiger partial charge on any atom is 0.168 e. The summed E-state index contributed by atoms with van der Waals surface area (Å²) in [4.78, 5) is 11.5. The molecule has 1 aromatic carbocycles. The molecule has 0 radical (unpaired) electrons. The van der Waals surface area contributed by atoms with Crippen LogP contribution in [0.4, 0.5) is 4.39 Å². The van der Waals surface area contributed by atoms with Gasteiger partial charge >= 0.3 is 0 Å². The molecule has 0 saturated carbocycles. The van der Waals surface area contributed by atoms with Gasteiger partial charge in [-0.05, 0) is 18.1 Å². The van der Waals surface area contributed by atoms with Crippen molar-refractivity contribution in [2.24, 2.45) is 0 Å². The second kappa shape index (κ2) is 6.26. The number of Topliss-reactive ketones (excluding diaryl/α,β-unsaturated/α-hetero) is 1. The molecule has 0 amide bonds. The van der Waals surface area contributed by atoms with Gasteiger partial charge in [-0.2, -0.15) is 0 Å². The fourth-order valence-corrected chi connectivity index (χ4v) is 1.53. The average Bonchev–Trinajstić information content (AvgIpc) is 2.29. The van der Waals surface area contributed by atoms with Crippen LogP contribution in [0.2, 0.25) is 0 Å². The van der Waals surface area contributed by atoms with Crippen molar-refractivity contribution in [3.05, 3.63) is 29.6 Å². The molecule has 0 aliphatic carbocycles. The molecule has 0 N–H and O–H groups in total. The number of ketones is 1. The molecule has 0 aliphatic heterocycles. The third-order valence-electron chi connectivity index (χ3n) is 2.46. The fourth-order valence-electron chi connectivity index (χ4n) is 1.53. The minimum absolute atomic E-state index is 0.0778. The highest BCUT2D eigenvalue weighted by molar-refractivity contribution is 5.80. The molecule has 2 nitrogen and oxygen atoms in total. The van der Waals surface area contributed by atoms with Crippen LogP contribution in [-0.4, -0.2) is 12.9 Å². The molecule has 0 spiro atoms. The molecule has 0 heterocycles. The van der Waals surface area contributed by atoms with E-state index >= 15 is 0 Å². The van der Waals surface area contributed by atoms with Crippen molar-refractivity contribution in [2.75, 3.05) is 7.11 Å². The number of benzene rings is 1. The molecule has 16 heavy (non-hydrogen) atoms. The first-order valence-electron chi connectivity index (χ1n) is 5.52. The van der Waals surface area contributed by atoms with Crippen LogP contribution in [0.1, 0.15) is 31.7 Å². The van der Waals surface area contributed by atoms with E-state index in [-0.39, 0.29) is 18.0 Å². The summed E-state index contributed by atoms with van der Waals surface area (Å²) in [5.41, 5.74) is 0.417. The Labute approximate surface area is 95.4 Å². The van der Waals surface area contributed by atoms with Gasteiger partial charge in [0.05, 0.1) is 7.11 Å². The molecule has 0 fully saturated rings. The lowest BCUT2D eigenvalue weighted by Gasteiger charge is -2.06. The Balaban J connectivity index is 2.70. The first-order chi connectivity index (χ1) is 7.69. The lowest BCUT2D eigenvalue weighted by molar-refractivity contribution is -0.118. The zero-order chi connectivity index (χ0) is 12.0. The highest BCUT2D eigenvalue weighted by atomic mass is 19.1. The Morgan fingerprint density at radius 2 is 2.19 bits per heavy atom. The number of unbranched alkanes of at least 4 members (excludes halogenated alkanes) is 1. The quantitative estimate of drug-likeness (QED) is 0.742. The number of carbonyl (C=O) groups excluding carboxylic acids is 1. The Morgan fingerprint density at radius 1 is 1.44 bits per heavy atom. The highest BCUT2D eigenvalue weighted by Crippen LogP contribution is 2.20. The van der Waals surface area contributed by atoms with E-state index in [0.717, 1.165) is 12.8 Å². The lowest BCUT2D eigenvalue weighted by Crippen LogP contribution is -2.05. The number of hydrogen-bond acceptors (Lipinski definition) is 2. The summed E-state index contributed by atoms with van der Waals surface area (Å²) in [6.45, 7) is 2.03. The van der Waals surface area contributed by atoms with Crippen molar-refractivity contribution < 1.29 is 13.9 Å². The Hall–Kier alpha value is -1.38. The molecule has 0 unspecified atom stereocenters. The van der Waals surface area contributed by atoms with E-state index in [1.165, 1.54) is 7.11 Å². The van der Waals surface area contributed by atoms with E-state index < -0.39 is 5.82 Å². The largest absolute Gasteiger partial charge is 0.494 e. The zero-order valence-electron chi connectivity index (χ0n) is 9.75. The molecular weight excluding hydrogens is 207 g/mol. The molecule has 0 saturated heterocycles. The second-order valence-corrected chi connectivity index (χ2v) is 3.75. The van der Waals surface area contributed by atoms with Gasteiger partial charge < -0.3 is 4.74 Å². The van der Waals surface area contributed by atoms with E-state index in [2.05, 4.69) is 0 Å². The van der Waals surface area contributed by atoms with Crippen LogP contribution in [0, 0.1) is 5.82 Å². The average molecular weight is 224 g/mol. The van der Waals surface area contributed by atoms with Gasteiger partial charge in [-0.25, -0.2) is 4.39 Å². The number of hydrogen-bond donors (Lipinski definition) is 0. The second-order valence-electron chi connectivity index (χ2n) is 3.75. The molecule has 0 aromatic heterocycles. The van der Waals surface area contributed by atoms with Crippen LogP contribution in [0.3, 0.4) is 0 Å². The van der Waals surface area contributed by atoms with Gasteiger partial charge in [0.15, 0.2) is 11.6 Å². The van der Waals surface area contributed by atoms with Crippen LogP contribution in [-0.2, 0) is 11.2 Å². The predicted octanol–water partition coefficient (Wildman–Crippen LogP) is 3.14. The van der Waals surface area contributed by atoms with Crippen molar-refractivity contribution in [2.45, 2.75) is 32.6 Å². The SMILES string of the molecule is CCCCC(=O)Cc1cccc(OC)c1F. The third kappa shape index (κ3) is 3.33. The smallest absolute Gasteiger partial charge is 0.168 e. The summed E-state index contributed by atoms with van der Waals surface area (Å²) in [5, 5.41) is 0. The summed E-state index contributed by atoms with van der Waals surface area (Å²) in [7, 11) is 1.42. The first-order valence-corrected chi connectivity index (χ1v) is 5.52. The zero-order valence-corrected chi connectivity index (χ0v) is 9.75. The van der Waals surface area contributed by atoms with Gasteiger partial charge in [0.1, 0.15) is 5.78 Å². The van der Waals surface area contributed by atoms with Gasteiger partial charge in [-0.1, -0.05) is 25.5 Å². The number of ether oxygens (including phenoxy) is 1. The molecule has 0 aliphatic rings. The van der Waals surface area contributed by atoms with E-state index in [1.807, 2.05) is 6.92 Å². The Morgan fingerprint density at radius 3 is 2.81 bits per heavy atom. The van der Waals surface area contributed by atoms with Crippen LogP contribution in [0.5, 0.6) is 5.75 Å². The summed E-state index contributed by atoms with van der Waals surface area (Å²) in [6.07, 6.45) is 2.52. The maximum absolute atomic E-state index is 13.7. The summed E-state index contributed by atoms with van der Waals surface area (Å²) < 4.78 is 18.5. The number of methoxy groups -OCH3 is 1. The van der Waals surface area contributed by atoms with Gasteiger partial charge in [-0.3, -0.25) is 4.79 Å². The standard InChI is InChI=1S/C13H17FO2/c1-3-4-7-11(15)9-10-6-5-8-12(16-2)13(10)14/h5-6,8H,3-4,7,9H2,1-2H3. The summed E-state index contributed by atoms with van der Waals surface area (Å²) >= 11 is 0. The number of carbonyl (C=O) groups is 1. The molecule has 1 rings (SSSR count).